The van der Waals surface area contributed by atoms with Gasteiger partial charge in [-0.1, -0.05) is 55.3 Å². The lowest BCUT2D eigenvalue weighted by Crippen LogP contribution is -2.27. The Morgan fingerprint density at radius 3 is 2.60 bits per heavy atom. The Hall–Kier alpha value is -4.56. The summed E-state index contributed by atoms with van der Waals surface area (Å²) in [7, 11) is 1.84. The molecule has 4 heterocycles. The summed E-state index contributed by atoms with van der Waals surface area (Å²) in [5, 5.41) is 7.99. The average molecular weight is 579 g/mol. The number of nitrogens with one attached hydrogen (secondary N) is 1. The Morgan fingerprint density at radius 1 is 0.952 bits per heavy atom. The largest absolute Gasteiger partial charge is 0.323 e. The van der Waals surface area contributed by atoms with Crippen molar-refractivity contribution in [2.75, 3.05) is 5.32 Å². The number of fused-ring (bicyclic) bond motifs is 4. The third-order valence-corrected chi connectivity index (χ3v) is 8.25. The van der Waals surface area contributed by atoms with Crippen LogP contribution in [0, 0.1) is 12.8 Å². The number of benzene rings is 2. The molecule has 1 N–H and O–H groups in total. The molecule has 0 saturated heterocycles. The molecule has 3 aromatic heterocycles. The van der Waals surface area contributed by atoms with Crippen LogP contribution in [0.25, 0.3) is 33.6 Å². The second-order valence-electron chi connectivity index (χ2n) is 10.9. The molecule has 2 unspecified atom stereocenters. The number of nitrogens with zero attached hydrogens (tertiary/aromatic N) is 5. The van der Waals surface area contributed by atoms with Gasteiger partial charge in [-0.05, 0) is 60.7 Å². The number of rotatable bonds is 3. The highest BCUT2D eigenvalue weighted by Gasteiger charge is 2.24. The lowest BCUT2D eigenvalue weighted by atomic mass is 9.94. The average Bonchev–Trinajstić information content (AvgIpc) is 3.35. The van der Waals surface area contributed by atoms with Gasteiger partial charge in [0.05, 0.1) is 41.3 Å². The molecule has 0 radical (unpaired) electrons. The highest BCUT2D eigenvalue weighted by Crippen LogP contribution is 2.36. The molecule has 0 saturated carbocycles. The Morgan fingerprint density at radius 2 is 1.79 bits per heavy atom. The van der Waals surface area contributed by atoms with E-state index < -0.39 is 0 Å². The van der Waals surface area contributed by atoms with Gasteiger partial charge in [-0.3, -0.25) is 23.8 Å². The van der Waals surface area contributed by atoms with Crippen molar-refractivity contribution < 1.29 is 4.79 Å². The normalized spacial score (nSPS) is 17.1. The van der Waals surface area contributed by atoms with E-state index >= 15 is 0 Å². The fourth-order valence-corrected chi connectivity index (χ4v) is 5.88. The van der Waals surface area contributed by atoms with Gasteiger partial charge in [-0.25, -0.2) is 4.98 Å². The van der Waals surface area contributed by atoms with Gasteiger partial charge in [0.1, 0.15) is 0 Å². The first-order valence-corrected chi connectivity index (χ1v) is 14.4. The van der Waals surface area contributed by atoms with Crippen LogP contribution >= 0.6 is 11.6 Å². The first-order valence-electron chi connectivity index (χ1n) is 14.0. The van der Waals surface area contributed by atoms with E-state index in [2.05, 4.69) is 29.5 Å². The lowest BCUT2D eigenvalue weighted by molar-refractivity contribution is -0.119. The molecule has 2 atom stereocenters. The van der Waals surface area contributed by atoms with E-state index in [1.165, 1.54) is 0 Å². The van der Waals surface area contributed by atoms with Gasteiger partial charge in [-0.2, -0.15) is 5.10 Å². The molecule has 212 valence electrons. The third-order valence-electron chi connectivity index (χ3n) is 8.02. The van der Waals surface area contributed by atoms with Crippen LogP contribution in [-0.2, 0) is 11.8 Å². The van der Waals surface area contributed by atoms with Crippen molar-refractivity contribution in [3.05, 3.63) is 106 Å². The molecular formula is C33H31ClN6O2. The van der Waals surface area contributed by atoms with Crippen LogP contribution in [0.1, 0.15) is 43.5 Å². The summed E-state index contributed by atoms with van der Waals surface area (Å²) in [4.78, 5) is 36.2. The van der Waals surface area contributed by atoms with Crippen LogP contribution in [0.4, 0.5) is 5.69 Å². The summed E-state index contributed by atoms with van der Waals surface area (Å²) in [6.45, 7) is 3.98. The number of aromatic nitrogens is 5. The van der Waals surface area contributed by atoms with Crippen molar-refractivity contribution in [3.63, 3.8) is 0 Å². The second kappa shape index (κ2) is 11.4. The molecule has 2 aromatic carbocycles. The molecule has 1 aliphatic heterocycles. The number of amides is 1. The van der Waals surface area contributed by atoms with Crippen LogP contribution < -0.4 is 10.9 Å². The fourth-order valence-electron chi connectivity index (χ4n) is 5.71. The fraction of sp³-hybridized carbons (Fsp3) is 0.242. The minimum atomic E-state index is -0.361. The van der Waals surface area contributed by atoms with Gasteiger partial charge in [0.15, 0.2) is 0 Å². The summed E-state index contributed by atoms with van der Waals surface area (Å²) >= 11 is 6.42. The summed E-state index contributed by atoms with van der Waals surface area (Å²) in [6, 6.07) is 18.9. The van der Waals surface area contributed by atoms with Gasteiger partial charge in [0.2, 0.25) is 5.91 Å². The van der Waals surface area contributed by atoms with Crippen molar-refractivity contribution in [1.29, 1.82) is 0 Å². The predicted molar refractivity (Wildman–Crippen MR) is 165 cm³/mol. The highest BCUT2D eigenvalue weighted by molar-refractivity contribution is 6.31. The summed E-state index contributed by atoms with van der Waals surface area (Å²) < 4.78 is 3.38. The van der Waals surface area contributed by atoms with Crippen LogP contribution in [-0.4, -0.2) is 30.2 Å². The topological polar surface area (TPSA) is 94.7 Å². The maximum atomic E-state index is 13.8. The van der Waals surface area contributed by atoms with Crippen LogP contribution in [0.5, 0.6) is 0 Å². The number of hydrogen-bond donors (Lipinski definition) is 1. The molecule has 6 rings (SSSR count). The molecule has 8 nitrogen and oxygen atoms in total. The SMILES string of the molecule is Cc1ccccc1-c1ccc(Cl)cc1-c1cc(=O)n(C2CCCC(C)C(=O)Nc3cnn(C)c3-c3ccnc2c3)cn1. The van der Waals surface area contributed by atoms with E-state index in [0.717, 1.165) is 45.6 Å². The molecular weight excluding hydrogens is 548 g/mol. The molecule has 2 bridgehead atoms. The first kappa shape index (κ1) is 27.6. The van der Waals surface area contributed by atoms with Crippen molar-refractivity contribution >= 4 is 23.2 Å². The van der Waals surface area contributed by atoms with Crippen molar-refractivity contribution in [2.24, 2.45) is 13.0 Å². The third kappa shape index (κ3) is 5.25. The lowest BCUT2D eigenvalue weighted by Gasteiger charge is -2.22. The number of pyridine rings is 1. The maximum Gasteiger partial charge on any atom is 0.254 e. The molecule has 5 aromatic rings. The van der Waals surface area contributed by atoms with E-state index in [9.17, 15) is 9.59 Å². The first-order chi connectivity index (χ1) is 20.3. The zero-order valence-corrected chi connectivity index (χ0v) is 24.5. The molecule has 1 aliphatic rings. The van der Waals surface area contributed by atoms with Crippen molar-refractivity contribution in [1.82, 2.24) is 24.3 Å². The molecule has 0 spiro atoms. The van der Waals surface area contributed by atoms with E-state index in [-0.39, 0.29) is 23.4 Å². The monoisotopic (exact) mass is 578 g/mol. The van der Waals surface area contributed by atoms with Gasteiger partial charge in [0.25, 0.3) is 5.56 Å². The number of anilines is 1. The smallest absolute Gasteiger partial charge is 0.254 e. The van der Waals surface area contributed by atoms with E-state index in [0.29, 0.717) is 29.2 Å². The van der Waals surface area contributed by atoms with Gasteiger partial charge < -0.3 is 5.32 Å². The van der Waals surface area contributed by atoms with Crippen molar-refractivity contribution in [2.45, 2.75) is 39.2 Å². The zero-order valence-electron chi connectivity index (χ0n) is 23.7. The number of carbonyl (C=O) groups excluding carboxylic acids is 1. The molecule has 0 aliphatic carbocycles. The Kier molecular flexibility index (Phi) is 7.47. The second-order valence-corrected chi connectivity index (χ2v) is 11.3. The summed E-state index contributed by atoms with van der Waals surface area (Å²) in [5.41, 5.74) is 7.33. The number of hydrogen-bond acceptors (Lipinski definition) is 5. The van der Waals surface area contributed by atoms with E-state index in [1.54, 1.807) is 34.0 Å². The van der Waals surface area contributed by atoms with E-state index in [1.807, 2.05) is 56.4 Å². The van der Waals surface area contributed by atoms with Gasteiger partial charge >= 0.3 is 0 Å². The summed E-state index contributed by atoms with van der Waals surface area (Å²) in [6.07, 6.45) is 7.02. The number of carbonyl (C=O) groups is 1. The Balaban J connectivity index is 1.44. The van der Waals surface area contributed by atoms with Crippen LogP contribution in [0.2, 0.25) is 5.02 Å². The zero-order chi connectivity index (χ0) is 29.4. The van der Waals surface area contributed by atoms with E-state index in [4.69, 9.17) is 21.6 Å². The molecule has 0 fully saturated rings. The number of aryl methyl sites for hydroxylation is 2. The predicted octanol–water partition coefficient (Wildman–Crippen LogP) is 6.68. The standard InChI is InChI=1S/C33H31ClN6O2/c1-20-7-4-5-9-24(20)25-12-11-23(34)16-26(25)27-17-31(41)40(19-36-27)30-10-6-8-21(2)33(42)38-29-18-37-39(3)32(29)22-13-14-35-28(30)15-22/h4-5,7,9,11-19,21,30H,6,8,10H2,1-3H3,(H,38,42). The Bertz CT molecular complexity index is 1860. The van der Waals surface area contributed by atoms with Crippen LogP contribution in [0.15, 0.2) is 84.2 Å². The minimum absolute atomic E-state index is 0.0511. The van der Waals surface area contributed by atoms with Gasteiger partial charge in [0, 0.05) is 41.4 Å². The quantitative estimate of drug-likeness (QED) is 0.258. The molecule has 42 heavy (non-hydrogen) atoms. The molecule has 1 amide bonds. The summed E-state index contributed by atoms with van der Waals surface area (Å²) in [5.74, 6) is -0.255. The maximum absolute atomic E-state index is 13.8. The molecule has 9 heteroatoms. The Labute approximate surface area is 249 Å². The number of halogens is 1. The van der Waals surface area contributed by atoms with Gasteiger partial charge in [-0.15, -0.1) is 0 Å². The van der Waals surface area contributed by atoms with Crippen molar-refractivity contribution in [3.8, 4) is 33.6 Å². The van der Waals surface area contributed by atoms with Crippen LogP contribution in [0.3, 0.4) is 0 Å². The minimum Gasteiger partial charge on any atom is -0.323 e. The highest BCUT2D eigenvalue weighted by atomic mass is 35.5.